The quantitative estimate of drug-likeness (QED) is 0.761. The van der Waals surface area contributed by atoms with Crippen LogP contribution in [-0.2, 0) is 6.42 Å². The third kappa shape index (κ3) is 2.57. The van der Waals surface area contributed by atoms with Crippen molar-refractivity contribution in [1.29, 1.82) is 0 Å². The molecule has 2 aromatic heterocycles. The van der Waals surface area contributed by atoms with E-state index in [-0.39, 0.29) is 0 Å². The third-order valence-electron chi connectivity index (χ3n) is 2.67. The molecule has 92 valence electrons. The smallest absolute Gasteiger partial charge is 0.201 e. The van der Waals surface area contributed by atoms with E-state index >= 15 is 0 Å². The second-order valence-electron chi connectivity index (χ2n) is 4.01. The van der Waals surface area contributed by atoms with Crippen molar-refractivity contribution in [2.75, 3.05) is 11.9 Å². The second-order valence-corrected chi connectivity index (χ2v) is 5.92. The third-order valence-corrected chi connectivity index (χ3v) is 4.43. The van der Waals surface area contributed by atoms with Crippen molar-refractivity contribution in [3.63, 3.8) is 0 Å². The SMILES string of the molecule is Brc1csc(CCNc2nc3ccccc3[nH]2)c1. The van der Waals surface area contributed by atoms with Crippen LogP contribution in [0.2, 0.25) is 0 Å². The highest BCUT2D eigenvalue weighted by Gasteiger charge is 2.01. The Morgan fingerprint density at radius 3 is 3.00 bits per heavy atom. The summed E-state index contributed by atoms with van der Waals surface area (Å²) in [6.07, 6.45) is 1.01. The van der Waals surface area contributed by atoms with Gasteiger partial charge in [-0.05, 0) is 40.5 Å². The summed E-state index contributed by atoms with van der Waals surface area (Å²) in [5, 5.41) is 5.42. The molecular weight excluding hydrogens is 310 g/mol. The summed E-state index contributed by atoms with van der Waals surface area (Å²) in [5.41, 5.74) is 2.07. The number of fused-ring (bicyclic) bond motifs is 1. The van der Waals surface area contributed by atoms with Crippen LogP contribution >= 0.6 is 27.3 Å². The fourth-order valence-corrected chi connectivity index (χ4v) is 3.28. The van der Waals surface area contributed by atoms with E-state index in [0.717, 1.165) is 34.4 Å². The summed E-state index contributed by atoms with van der Waals surface area (Å²) < 4.78 is 1.16. The summed E-state index contributed by atoms with van der Waals surface area (Å²) in [6.45, 7) is 0.882. The first-order chi connectivity index (χ1) is 8.81. The molecule has 0 bridgehead atoms. The van der Waals surface area contributed by atoms with Gasteiger partial charge in [-0.1, -0.05) is 12.1 Å². The molecule has 2 N–H and O–H groups in total. The Hall–Kier alpha value is -1.33. The van der Waals surface area contributed by atoms with Crippen molar-refractivity contribution >= 4 is 44.2 Å². The average Bonchev–Trinajstić information content (AvgIpc) is 2.95. The van der Waals surface area contributed by atoms with Crippen molar-refractivity contribution < 1.29 is 0 Å². The monoisotopic (exact) mass is 321 g/mol. The minimum atomic E-state index is 0.840. The number of benzene rings is 1. The number of aromatic nitrogens is 2. The average molecular weight is 322 g/mol. The van der Waals surface area contributed by atoms with E-state index in [2.05, 4.69) is 42.7 Å². The Morgan fingerprint density at radius 2 is 2.22 bits per heavy atom. The van der Waals surface area contributed by atoms with E-state index in [4.69, 9.17) is 0 Å². The van der Waals surface area contributed by atoms with Crippen molar-refractivity contribution in [2.24, 2.45) is 0 Å². The lowest BCUT2D eigenvalue weighted by Gasteiger charge is -2.00. The number of halogens is 1. The molecule has 0 fully saturated rings. The Labute approximate surface area is 117 Å². The van der Waals surface area contributed by atoms with Crippen LogP contribution in [0.5, 0.6) is 0 Å². The van der Waals surface area contributed by atoms with Gasteiger partial charge in [-0.3, -0.25) is 0 Å². The second kappa shape index (κ2) is 5.12. The lowest BCUT2D eigenvalue weighted by atomic mass is 10.3. The lowest BCUT2D eigenvalue weighted by Crippen LogP contribution is -2.04. The van der Waals surface area contributed by atoms with Crippen molar-refractivity contribution in [3.8, 4) is 0 Å². The number of imidazole rings is 1. The first-order valence-electron chi connectivity index (χ1n) is 5.73. The zero-order valence-corrected chi connectivity index (χ0v) is 12.0. The molecule has 0 radical (unpaired) electrons. The maximum atomic E-state index is 4.48. The lowest BCUT2D eigenvalue weighted by molar-refractivity contribution is 1.02. The van der Waals surface area contributed by atoms with Crippen LogP contribution in [-0.4, -0.2) is 16.5 Å². The van der Waals surface area contributed by atoms with Crippen LogP contribution in [0.15, 0.2) is 40.2 Å². The maximum Gasteiger partial charge on any atom is 0.201 e. The molecule has 0 aliphatic heterocycles. The number of hydrogen-bond acceptors (Lipinski definition) is 3. The molecule has 5 heteroatoms. The Balaban J connectivity index is 1.62. The Kier molecular flexibility index (Phi) is 3.34. The molecule has 18 heavy (non-hydrogen) atoms. The summed E-state index contributed by atoms with van der Waals surface area (Å²) in [4.78, 5) is 9.10. The molecule has 3 aromatic rings. The van der Waals surface area contributed by atoms with Crippen LogP contribution in [0.4, 0.5) is 5.95 Å². The van der Waals surface area contributed by atoms with Gasteiger partial charge in [0, 0.05) is 21.3 Å². The molecule has 3 rings (SSSR count). The molecule has 0 aliphatic rings. The number of nitrogens with one attached hydrogen (secondary N) is 2. The number of aromatic amines is 1. The van der Waals surface area contributed by atoms with Gasteiger partial charge >= 0.3 is 0 Å². The van der Waals surface area contributed by atoms with E-state index in [1.54, 1.807) is 11.3 Å². The van der Waals surface area contributed by atoms with Gasteiger partial charge in [0.25, 0.3) is 0 Å². The predicted molar refractivity (Wildman–Crippen MR) is 80.3 cm³/mol. The van der Waals surface area contributed by atoms with Gasteiger partial charge in [0.1, 0.15) is 0 Å². The zero-order chi connectivity index (χ0) is 12.4. The van der Waals surface area contributed by atoms with Crippen LogP contribution in [0.3, 0.4) is 0 Å². The minimum absolute atomic E-state index is 0.840. The highest BCUT2D eigenvalue weighted by molar-refractivity contribution is 9.10. The van der Waals surface area contributed by atoms with Crippen molar-refractivity contribution in [1.82, 2.24) is 9.97 Å². The minimum Gasteiger partial charge on any atom is -0.355 e. The van der Waals surface area contributed by atoms with Gasteiger partial charge in [-0.2, -0.15) is 0 Å². The fourth-order valence-electron chi connectivity index (χ4n) is 1.83. The highest BCUT2D eigenvalue weighted by atomic mass is 79.9. The van der Waals surface area contributed by atoms with Gasteiger partial charge in [-0.15, -0.1) is 11.3 Å². The number of para-hydroxylation sites is 2. The molecule has 0 saturated carbocycles. The van der Waals surface area contributed by atoms with Gasteiger partial charge in [0.2, 0.25) is 5.95 Å². The van der Waals surface area contributed by atoms with E-state index in [9.17, 15) is 0 Å². The van der Waals surface area contributed by atoms with E-state index in [1.807, 2.05) is 24.3 Å². The molecule has 0 atom stereocenters. The Morgan fingerprint density at radius 1 is 1.33 bits per heavy atom. The number of thiophene rings is 1. The summed E-state index contributed by atoms with van der Waals surface area (Å²) >= 11 is 5.24. The predicted octanol–water partition coefficient (Wildman–Crippen LogP) is 4.04. The fraction of sp³-hybridized carbons (Fsp3) is 0.154. The van der Waals surface area contributed by atoms with Crippen molar-refractivity contribution in [2.45, 2.75) is 6.42 Å². The van der Waals surface area contributed by atoms with Crippen LogP contribution in [0.1, 0.15) is 4.88 Å². The van der Waals surface area contributed by atoms with E-state index < -0.39 is 0 Å². The Bertz CT molecular complexity index is 626. The molecule has 0 saturated heterocycles. The number of anilines is 1. The summed E-state index contributed by atoms with van der Waals surface area (Å²) in [7, 11) is 0. The molecule has 2 heterocycles. The van der Waals surface area contributed by atoms with Gasteiger partial charge in [0.05, 0.1) is 11.0 Å². The summed E-state index contributed by atoms with van der Waals surface area (Å²) in [6, 6.07) is 10.2. The van der Waals surface area contributed by atoms with Crippen LogP contribution in [0.25, 0.3) is 11.0 Å². The topological polar surface area (TPSA) is 40.7 Å². The molecule has 0 amide bonds. The number of H-pyrrole nitrogens is 1. The van der Waals surface area contributed by atoms with Crippen LogP contribution < -0.4 is 5.32 Å². The van der Waals surface area contributed by atoms with Crippen molar-refractivity contribution in [3.05, 3.63) is 45.1 Å². The molecular formula is C13H12BrN3S. The molecule has 0 spiro atoms. The molecule has 0 unspecified atom stereocenters. The number of rotatable bonds is 4. The summed E-state index contributed by atoms with van der Waals surface area (Å²) in [5.74, 6) is 0.840. The van der Waals surface area contributed by atoms with E-state index in [1.165, 1.54) is 4.88 Å². The maximum absolute atomic E-state index is 4.48. The standard InChI is InChI=1S/C13H12BrN3S/c14-9-7-10(18-8-9)5-6-15-13-16-11-3-1-2-4-12(11)17-13/h1-4,7-8H,5-6H2,(H2,15,16,17). The van der Waals surface area contributed by atoms with E-state index in [0.29, 0.717) is 0 Å². The highest BCUT2D eigenvalue weighted by Crippen LogP contribution is 2.20. The molecule has 1 aromatic carbocycles. The van der Waals surface area contributed by atoms with Crippen LogP contribution in [0, 0.1) is 0 Å². The number of hydrogen-bond donors (Lipinski definition) is 2. The van der Waals surface area contributed by atoms with Gasteiger partial charge in [0.15, 0.2) is 0 Å². The van der Waals surface area contributed by atoms with Gasteiger partial charge in [-0.25, -0.2) is 4.98 Å². The molecule has 0 aliphatic carbocycles. The first-order valence-corrected chi connectivity index (χ1v) is 7.40. The normalized spacial score (nSPS) is 10.9. The van der Waals surface area contributed by atoms with Gasteiger partial charge < -0.3 is 10.3 Å². The number of nitrogens with zero attached hydrogens (tertiary/aromatic N) is 1. The largest absolute Gasteiger partial charge is 0.355 e. The molecule has 3 nitrogen and oxygen atoms in total. The first kappa shape index (κ1) is 11.7. The zero-order valence-electron chi connectivity index (χ0n) is 9.61.